The minimum Gasteiger partial charge on any atom is -0.312 e. The van der Waals surface area contributed by atoms with Gasteiger partial charge in [-0.25, -0.2) is 4.39 Å². The van der Waals surface area contributed by atoms with Gasteiger partial charge in [-0.1, -0.05) is 19.1 Å². The van der Waals surface area contributed by atoms with Crippen LogP contribution in [-0.2, 0) is 12.8 Å². The molecule has 0 amide bonds. The summed E-state index contributed by atoms with van der Waals surface area (Å²) in [5, 5.41) is 3.34. The summed E-state index contributed by atoms with van der Waals surface area (Å²) >= 11 is 1.85. The van der Waals surface area contributed by atoms with Gasteiger partial charge in [0.2, 0.25) is 0 Å². The lowest BCUT2D eigenvalue weighted by atomic mass is 10.0. The van der Waals surface area contributed by atoms with E-state index in [-0.39, 0.29) is 5.82 Å². The molecule has 96 valence electrons. The largest absolute Gasteiger partial charge is 0.312 e. The molecule has 1 aromatic carbocycles. The van der Waals surface area contributed by atoms with E-state index in [1.807, 2.05) is 30.5 Å². The van der Waals surface area contributed by atoms with Crippen molar-refractivity contribution in [3.05, 3.63) is 57.5 Å². The molecule has 0 fully saturated rings. The van der Waals surface area contributed by atoms with E-state index in [4.69, 9.17) is 0 Å². The van der Waals surface area contributed by atoms with E-state index in [1.54, 1.807) is 0 Å². The van der Waals surface area contributed by atoms with Gasteiger partial charge in [-0.15, -0.1) is 11.3 Å². The van der Waals surface area contributed by atoms with E-state index in [9.17, 15) is 4.39 Å². The molecule has 2 rings (SSSR count). The Morgan fingerprint density at radius 3 is 2.44 bits per heavy atom. The van der Waals surface area contributed by atoms with Crippen LogP contribution >= 0.6 is 11.3 Å². The second-order valence-electron chi connectivity index (χ2n) is 4.33. The van der Waals surface area contributed by atoms with Crippen molar-refractivity contribution in [3.8, 4) is 0 Å². The number of thiophene rings is 1. The van der Waals surface area contributed by atoms with Crippen LogP contribution in [0.3, 0.4) is 0 Å². The van der Waals surface area contributed by atoms with E-state index in [0.29, 0.717) is 6.04 Å². The summed E-state index contributed by atoms with van der Waals surface area (Å²) in [5.74, 6) is -0.177. The average molecular weight is 263 g/mol. The highest BCUT2D eigenvalue weighted by Crippen LogP contribution is 2.26. The van der Waals surface area contributed by atoms with E-state index in [1.165, 1.54) is 21.9 Å². The van der Waals surface area contributed by atoms with Gasteiger partial charge in [-0.05, 0) is 49.7 Å². The van der Waals surface area contributed by atoms with Crippen LogP contribution in [0.25, 0.3) is 0 Å². The molecule has 0 spiro atoms. The zero-order chi connectivity index (χ0) is 13.0. The van der Waals surface area contributed by atoms with Gasteiger partial charge in [0.15, 0.2) is 0 Å². The molecule has 2 aromatic rings. The van der Waals surface area contributed by atoms with E-state index in [0.717, 1.165) is 18.4 Å². The molecule has 0 bridgehead atoms. The first-order valence-electron chi connectivity index (χ1n) is 6.23. The highest BCUT2D eigenvalue weighted by Gasteiger charge is 2.12. The SMILES string of the molecule is CCc1ccc(C(Cc2ccc(F)cc2)NC)s1. The van der Waals surface area contributed by atoms with Gasteiger partial charge in [0.25, 0.3) is 0 Å². The number of benzene rings is 1. The third kappa shape index (κ3) is 3.18. The van der Waals surface area contributed by atoms with E-state index < -0.39 is 0 Å². The second-order valence-corrected chi connectivity index (χ2v) is 5.53. The maximum absolute atomic E-state index is 12.9. The minimum atomic E-state index is -0.177. The Kier molecular flexibility index (Phi) is 4.50. The predicted molar refractivity (Wildman–Crippen MR) is 75.6 cm³/mol. The highest BCUT2D eigenvalue weighted by molar-refractivity contribution is 7.12. The summed E-state index contributed by atoms with van der Waals surface area (Å²) in [6.07, 6.45) is 1.97. The molecule has 3 heteroatoms. The molecule has 0 aliphatic rings. The van der Waals surface area contributed by atoms with Gasteiger partial charge in [0.05, 0.1) is 0 Å². The average Bonchev–Trinajstić information content (AvgIpc) is 2.87. The summed E-state index contributed by atoms with van der Waals surface area (Å²) in [6, 6.07) is 11.4. The number of hydrogen-bond donors (Lipinski definition) is 1. The van der Waals surface area contributed by atoms with Crippen LogP contribution in [0.4, 0.5) is 4.39 Å². The number of aryl methyl sites for hydroxylation is 1. The molecule has 0 saturated carbocycles. The molecular formula is C15H18FNS. The molecule has 18 heavy (non-hydrogen) atoms. The summed E-state index contributed by atoms with van der Waals surface area (Å²) in [4.78, 5) is 2.75. The Labute approximate surface area is 112 Å². The van der Waals surface area contributed by atoms with Crippen LogP contribution in [0, 0.1) is 5.82 Å². The van der Waals surface area contributed by atoms with Crippen molar-refractivity contribution in [2.45, 2.75) is 25.8 Å². The molecule has 0 aliphatic carbocycles. The molecule has 1 aromatic heterocycles. The van der Waals surface area contributed by atoms with Gasteiger partial charge >= 0.3 is 0 Å². The zero-order valence-electron chi connectivity index (χ0n) is 10.7. The van der Waals surface area contributed by atoms with Gasteiger partial charge in [-0.2, -0.15) is 0 Å². The van der Waals surface area contributed by atoms with Crippen LogP contribution < -0.4 is 5.32 Å². The Balaban J connectivity index is 2.11. The van der Waals surface area contributed by atoms with Crippen LogP contribution in [0.15, 0.2) is 36.4 Å². The summed E-state index contributed by atoms with van der Waals surface area (Å²) in [7, 11) is 1.97. The fraction of sp³-hybridized carbons (Fsp3) is 0.333. The van der Waals surface area contributed by atoms with E-state index in [2.05, 4.69) is 24.4 Å². The first kappa shape index (κ1) is 13.2. The number of hydrogen-bond acceptors (Lipinski definition) is 2. The smallest absolute Gasteiger partial charge is 0.123 e. The van der Waals surface area contributed by atoms with Crippen molar-refractivity contribution in [2.75, 3.05) is 7.05 Å². The zero-order valence-corrected chi connectivity index (χ0v) is 11.6. The Hall–Kier alpha value is -1.19. The molecule has 1 unspecified atom stereocenters. The maximum atomic E-state index is 12.9. The Morgan fingerprint density at radius 2 is 1.89 bits per heavy atom. The first-order valence-corrected chi connectivity index (χ1v) is 7.05. The standard InChI is InChI=1S/C15H18FNS/c1-3-13-8-9-15(18-13)14(17-2)10-11-4-6-12(16)7-5-11/h4-9,14,17H,3,10H2,1-2H3. The van der Waals surface area contributed by atoms with Gasteiger partial charge in [0.1, 0.15) is 5.82 Å². The summed E-state index contributed by atoms with van der Waals surface area (Å²) in [5.41, 5.74) is 1.15. The maximum Gasteiger partial charge on any atom is 0.123 e. The van der Waals surface area contributed by atoms with Crippen molar-refractivity contribution in [2.24, 2.45) is 0 Å². The molecule has 1 atom stereocenters. The topological polar surface area (TPSA) is 12.0 Å². The fourth-order valence-corrected chi connectivity index (χ4v) is 3.04. The molecule has 1 nitrogen and oxygen atoms in total. The van der Waals surface area contributed by atoms with Crippen molar-refractivity contribution in [1.82, 2.24) is 5.32 Å². The second kappa shape index (κ2) is 6.12. The number of likely N-dealkylation sites (N-methyl/N-ethyl adjacent to an activating group) is 1. The summed E-state index contributed by atoms with van der Waals surface area (Å²) < 4.78 is 12.9. The van der Waals surface area contributed by atoms with Crippen LogP contribution in [0.2, 0.25) is 0 Å². The summed E-state index contributed by atoms with van der Waals surface area (Å²) in [6.45, 7) is 2.17. The first-order chi connectivity index (χ1) is 8.72. The molecule has 1 heterocycles. The third-order valence-corrected chi connectivity index (χ3v) is 4.42. The predicted octanol–water partition coefficient (Wildman–Crippen LogP) is 3.95. The van der Waals surface area contributed by atoms with Crippen molar-refractivity contribution >= 4 is 11.3 Å². The lowest BCUT2D eigenvalue weighted by molar-refractivity contribution is 0.598. The van der Waals surface area contributed by atoms with Crippen molar-refractivity contribution < 1.29 is 4.39 Å². The number of rotatable bonds is 5. The lowest BCUT2D eigenvalue weighted by Gasteiger charge is -2.14. The van der Waals surface area contributed by atoms with Crippen LogP contribution in [0.5, 0.6) is 0 Å². The lowest BCUT2D eigenvalue weighted by Crippen LogP contribution is -2.17. The molecular weight excluding hydrogens is 245 g/mol. The van der Waals surface area contributed by atoms with Gasteiger partial charge in [0, 0.05) is 15.8 Å². The normalized spacial score (nSPS) is 12.6. The Morgan fingerprint density at radius 1 is 1.17 bits per heavy atom. The molecule has 0 radical (unpaired) electrons. The molecule has 0 saturated heterocycles. The quantitative estimate of drug-likeness (QED) is 0.861. The van der Waals surface area contributed by atoms with Gasteiger partial charge in [-0.3, -0.25) is 0 Å². The fourth-order valence-electron chi connectivity index (χ4n) is 1.97. The van der Waals surface area contributed by atoms with Crippen molar-refractivity contribution in [1.29, 1.82) is 0 Å². The van der Waals surface area contributed by atoms with E-state index >= 15 is 0 Å². The molecule has 1 N–H and O–H groups in total. The number of nitrogens with one attached hydrogen (secondary N) is 1. The van der Waals surface area contributed by atoms with Crippen LogP contribution in [-0.4, -0.2) is 7.05 Å². The molecule has 0 aliphatic heterocycles. The van der Waals surface area contributed by atoms with Crippen molar-refractivity contribution in [3.63, 3.8) is 0 Å². The highest BCUT2D eigenvalue weighted by atomic mass is 32.1. The number of halogens is 1. The van der Waals surface area contributed by atoms with Gasteiger partial charge < -0.3 is 5.32 Å². The van der Waals surface area contributed by atoms with Crippen LogP contribution in [0.1, 0.15) is 28.3 Å². The Bertz CT molecular complexity index is 489. The third-order valence-electron chi connectivity index (χ3n) is 3.08. The monoisotopic (exact) mass is 263 g/mol. The minimum absolute atomic E-state index is 0.177.